The SMILES string of the molecule is O=C1CC(c2nc(-c3ccccc3Cl)no2)CN1C1CCc2ccccc21. The van der Waals surface area contributed by atoms with Gasteiger partial charge in [0.15, 0.2) is 0 Å². The Labute approximate surface area is 161 Å². The smallest absolute Gasteiger partial charge is 0.232 e. The number of carbonyl (C=O) groups excluding carboxylic acids is 1. The lowest BCUT2D eigenvalue weighted by Gasteiger charge is -2.25. The molecule has 2 atom stereocenters. The first kappa shape index (κ1) is 16.5. The van der Waals surface area contributed by atoms with Crippen molar-refractivity contribution >= 4 is 17.5 Å². The first-order chi connectivity index (χ1) is 13.2. The van der Waals surface area contributed by atoms with Gasteiger partial charge in [0.05, 0.1) is 17.0 Å². The van der Waals surface area contributed by atoms with Crippen molar-refractivity contribution in [2.75, 3.05) is 6.54 Å². The number of hydrogen-bond donors (Lipinski definition) is 0. The van der Waals surface area contributed by atoms with Crippen LogP contribution in [-0.2, 0) is 11.2 Å². The van der Waals surface area contributed by atoms with Crippen molar-refractivity contribution < 1.29 is 9.32 Å². The number of likely N-dealkylation sites (tertiary alicyclic amines) is 1. The van der Waals surface area contributed by atoms with E-state index >= 15 is 0 Å². The normalized spacial score (nSPS) is 21.7. The Kier molecular flexibility index (Phi) is 3.97. The van der Waals surface area contributed by atoms with Crippen LogP contribution in [0.5, 0.6) is 0 Å². The van der Waals surface area contributed by atoms with Gasteiger partial charge in [-0.2, -0.15) is 4.98 Å². The first-order valence-corrected chi connectivity index (χ1v) is 9.54. The second-order valence-electron chi connectivity index (χ2n) is 7.14. The molecule has 5 nitrogen and oxygen atoms in total. The lowest BCUT2D eigenvalue weighted by molar-refractivity contribution is -0.129. The fourth-order valence-corrected chi connectivity index (χ4v) is 4.43. The molecular formula is C21H18ClN3O2. The molecule has 2 aliphatic rings. The molecule has 2 aromatic carbocycles. The van der Waals surface area contributed by atoms with Crippen LogP contribution in [-0.4, -0.2) is 27.5 Å². The molecule has 0 spiro atoms. The molecule has 0 radical (unpaired) electrons. The number of benzene rings is 2. The molecule has 3 aromatic rings. The van der Waals surface area contributed by atoms with Crippen molar-refractivity contribution in [1.82, 2.24) is 15.0 Å². The molecule has 1 amide bonds. The maximum atomic E-state index is 12.7. The van der Waals surface area contributed by atoms with E-state index in [4.69, 9.17) is 16.1 Å². The highest BCUT2D eigenvalue weighted by Gasteiger charge is 2.40. The molecule has 0 N–H and O–H groups in total. The van der Waals surface area contributed by atoms with Crippen molar-refractivity contribution in [2.45, 2.75) is 31.2 Å². The maximum absolute atomic E-state index is 12.7. The van der Waals surface area contributed by atoms with Crippen molar-refractivity contribution in [2.24, 2.45) is 0 Å². The standard InChI is InChI=1S/C21H18ClN3O2/c22-17-8-4-3-7-16(17)20-23-21(27-24-20)14-11-19(26)25(12-14)18-10-9-13-5-1-2-6-15(13)18/h1-8,14,18H,9-12H2. The number of aromatic nitrogens is 2. The molecule has 1 aliphatic heterocycles. The van der Waals surface area contributed by atoms with Gasteiger partial charge in [-0.05, 0) is 36.1 Å². The zero-order valence-corrected chi connectivity index (χ0v) is 15.4. The second-order valence-corrected chi connectivity index (χ2v) is 7.54. The zero-order valence-electron chi connectivity index (χ0n) is 14.6. The van der Waals surface area contributed by atoms with Crippen molar-refractivity contribution in [1.29, 1.82) is 0 Å². The fraction of sp³-hybridized carbons (Fsp3) is 0.286. The Bertz CT molecular complexity index is 1020. The van der Waals surface area contributed by atoms with Crippen LogP contribution in [0.15, 0.2) is 53.1 Å². The van der Waals surface area contributed by atoms with Crippen molar-refractivity contribution in [3.05, 3.63) is 70.6 Å². The van der Waals surface area contributed by atoms with Gasteiger partial charge < -0.3 is 9.42 Å². The highest BCUT2D eigenvalue weighted by Crippen LogP contribution is 2.41. The van der Waals surface area contributed by atoms with E-state index in [9.17, 15) is 4.79 Å². The lowest BCUT2D eigenvalue weighted by atomic mass is 10.1. The summed E-state index contributed by atoms with van der Waals surface area (Å²) in [5.41, 5.74) is 3.35. The predicted octanol–water partition coefficient (Wildman–Crippen LogP) is 4.39. The average molecular weight is 380 g/mol. The van der Waals surface area contributed by atoms with Gasteiger partial charge in [-0.25, -0.2) is 0 Å². The van der Waals surface area contributed by atoms with Crippen LogP contribution < -0.4 is 0 Å². The highest BCUT2D eigenvalue weighted by molar-refractivity contribution is 6.33. The maximum Gasteiger partial charge on any atom is 0.232 e. The monoisotopic (exact) mass is 379 g/mol. The third-order valence-corrected chi connectivity index (χ3v) is 5.87. The summed E-state index contributed by atoms with van der Waals surface area (Å²) in [6.45, 7) is 0.613. The molecule has 0 saturated carbocycles. The molecular weight excluding hydrogens is 362 g/mol. The number of halogens is 1. The number of aryl methyl sites for hydroxylation is 1. The Morgan fingerprint density at radius 2 is 1.93 bits per heavy atom. The van der Waals surface area contributed by atoms with Gasteiger partial charge in [0.1, 0.15) is 0 Å². The van der Waals surface area contributed by atoms with E-state index < -0.39 is 0 Å². The van der Waals surface area contributed by atoms with Crippen LogP contribution >= 0.6 is 11.6 Å². The van der Waals surface area contributed by atoms with Crippen LogP contribution in [0.1, 0.15) is 41.8 Å². The van der Waals surface area contributed by atoms with Crippen LogP contribution in [0.3, 0.4) is 0 Å². The van der Waals surface area contributed by atoms with Gasteiger partial charge >= 0.3 is 0 Å². The molecule has 1 aliphatic carbocycles. The quantitative estimate of drug-likeness (QED) is 0.677. The van der Waals surface area contributed by atoms with Crippen LogP contribution in [0.4, 0.5) is 0 Å². The minimum atomic E-state index is -0.0750. The third kappa shape index (κ3) is 2.82. The summed E-state index contributed by atoms with van der Waals surface area (Å²) in [4.78, 5) is 19.2. The highest BCUT2D eigenvalue weighted by atomic mass is 35.5. The Balaban J connectivity index is 1.38. The topological polar surface area (TPSA) is 59.2 Å². The van der Waals surface area contributed by atoms with Gasteiger partial charge in [0.25, 0.3) is 0 Å². The number of nitrogens with zero attached hydrogens (tertiary/aromatic N) is 3. The largest absolute Gasteiger partial charge is 0.339 e. The van der Waals surface area contributed by atoms with Crippen LogP contribution in [0.25, 0.3) is 11.4 Å². The number of amides is 1. The Morgan fingerprint density at radius 1 is 1.11 bits per heavy atom. The van der Waals surface area contributed by atoms with Crippen LogP contribution in [0.2, 0.25) is 5.02 Å². The van der Waals surface area contributed by atoms with E-state index in [1.54, 1.807) is 6.07 Å². The number of rotatable bonds is 3. The van der Waals surface area contributed by atoms with Gasteiger partial charge in [0, 0.05) is 18.5 Å². The Morgan fingerprint density at radius 3 is 2.81 bits per heavy atom. The number of carbonyl (C=O) groups is 1. The molecule has 6 heteroatoms. The van der Waals surface area contributed by atoms with E-state index in [0.717, 1.165) is 18.4 Å². The van der Waals surface area contributed by atoms with E-state index in [0.29, 0.717) is 29.7 Å². The minimum absolute atomic E-state index is 0.0750. The number of hydrogen-bond acceptors (Lipinski definition) is 4. The van der Waals surface area contributed by atoms with Gasteiger partial charge in [-0.1, -0.05) is 53.2 Å². The molecule has 1 fully saturated rings. The molecule has 2 heterocycles. The van der Waals surface area contributed by atoms with Gasteiger partial charge in [-0.3, -0.25) is 4.79 Å². The molecule has 136 valence electrons. The molecule has 1 saturated heterocycles. The summed E-state index contributed by atoms with van der Waals surface area (Å²) in [6.07, 6.45) is 2.40. The summed E-state index contributed by atoms with van der Waals surface area (Å²) in [7, 11) is 0. The minimum Gasteiger partial charge on any atom is -0.339 e. The summed E-state index contributed by atoms with van der Waals surface area (Å²) >= 11 is 6.22. The summed E-state index contributed by atoms with van der Waals surface area (Å²) in [6, 6.07) is 16.0. The molecule has 0 bridgehead atoms. The zero-order chi connectivity index (χ0) is 18.4. The molecule has 1 aromatic heterocycles. The summed E-state index contributed by atoms with van der Waals surface area (Å²) < 4.78 is 5.49. The van der Waals surface area contributed by atoms with E-state index in [1.165, 1.54) is 11.1 Å². The van der Waals surface area contributed by atoms with E-state index in [-0.39, 0.29) is 17.9 Å². The van der Waals surface area contributed by atoms with Crippen LogP contribution in [0, 0.1) is 0 Å². The molecule has 5 rings (SSSR count). The molecule has 27 heavy (non-hydrogen) atoms. The van der Waals surface area contributed by atoms with E-state index in [1.807, 2.05) is 29.2 Å². The van der Waals surface area contributed by atoms with Gasteiger partial charge in [-0.15, -0.1) is 0 Å². The first-order valence-electron chi connectivity index (χ1n) is 9.16. The second kappa shape index (κ2) is 6.50. The van der Waals surface area contributed by atoms with Crippen molar-refractivity contribution in [3.8, 4) is 11.4 Å². The average Bonchev–Trinajstić information content (AvgIpc) is 3.40. The lowest BCUT2D eigenvalue weighted by Crippen LogP contribution is -2.28. The fourth-order valence-electron chi connectivity index (χ4n) is 4.21. The summed E-state index contributed by atoms with van der Waals surface area (Å²) in [5.74, 6) is 1.05. The summed E-state index contributed by atoms with van der Waals surface area (Å²) in [5, 5.41) is 4.66. The van der Waals surface area contributed by atoms with Gasteiger partial charge in [0.2, 0.25) is 17.6 Å². The molecule has 2 unspecified atom stereocenters. The number of fused-ring (bicyclic) bond motifs is 1. The van der Waals surface area contributed by atoms with Crippen molar-refractivity contribution in [3.63, 3.8) is 0 Å². The predicted molar refractivity (Wildman–Crippen MR) is 101 cm³/mol. The third-order valence-electron chi connectivity index (χ3n) is 5.54. The Hall–Kier alpha value is -2.66. The van der Waals surface area contributed by atoms with E-state index in [2.05, 4.69) is 28.3 Å².